The van der Waals surface area contributed by atoms with Crippen molar-refractivity contribution >= 4 is 46.7 Å². The van der Waals surface area contributed by atoms with Crippen molar-refractivity contribution in [3.05, 3.63) is 36.9 Å². The van der Waals surface area contributed by atoms with Crippen LogP contribution in [0.3, 0.4) is 0 Å². The highest BCUT2D eigenvalue weighted by molar-refractivity contribution is 7.73. The normalized spacial score (nSPS) is 18.5. The summed E-state index contributed by atoms with van der Waals surface area (Å²) in [7, 11) is 0. The van der Waals surface area contributed by atoms with Gasteiger partial charge in [0.1, 0.15) is 0 Å². The van der Waals surface area contributed by atoms with Gasteiger partial charge >= 0.3 is 0 Å². The quantitative estimate of drug-likeness (QED) is 0.551. The monoisotopic (exact) mass is 451 g/mol. The van der Waals surface area contributed by atoms with Gasteiger partial charge in [-0.3, -0.25) is 9.59 Å². The van der Waals surface area contributed by atoms with E-state index in [2.05, 4.69) is 41.0 Å². The molecule has 29 heavy (non-hydrogen) atoms. The number of thiazole rings is 1. The molecule has 5 nitrogen and oxygen atoms in total. The second kappa shape index (κ2) is 9.10. The number of likely N-dealkylation sites (N-methyl/N-ethyl adjacent to an activating group) is 1. The summed E-state index contributed by atoms with van der Waals surface area (Å²) in [6, 6.07) is 2.11. The zero-order valence-corrected chi connectivity index (χ0v) is 19.9. The Morgan fingerprint density at radius 3 is 2.76 bits per heavy atom. The summed E-state index contributed by atoms with van der Waals surface area (Å²) in [4.78, 5) is 31.3. The van der Waals surface area contributed by atoms with E-state index in [4.69, 9.17) is 12.2 Å². The van der Waals surface area contributed by atoms with Crippen LogP contribution in [-0.2, 0) is 16.0 Å². The Hall–Kier alpha value is -1.51. The van der Waals surface area contributed by atoms with E-state index < -0.39 is 0 Å². The summed E-state index contributed by atoms with van der Waals surface area (Å²) in [5, 5.41) is 7.31. The van der Waals surface area contributed by atoms with Crippen LogP contribution in [0.4, 0.5) is 0 Å². The third kappa shape index (κ3) is 5.77. The van der Waals surface area contributed by atoms with Gasteiger partial charge in [0, 0.05) is 36.1 Å². The van der Waals surface area contributed by atoms with E-state index in [9.17, 15) is 9.59 Å². The van der Waals surface area contributed by atoms with Gasteiger partial charge in [-0.1, -0.05) is 13.8 Å². The van der Waals surface area contributed by atoms with Crippen molar-refractivity contribution in [3.8, 4) is 0 Å². The molecule has 8 heteroatoms. The minimum atomic E-state index is -0.201. The molecule has 1 aliphatic rings. The average Bonchev–Trinajstić information content (AvgIpc) is 3.14. The van der Waals surface area contributed by atoms with Crippen molar-refractivity contribution in [2.24, 2.45) is 11.3 Å². The molecule has 2 aromatic heterocycles. The van der Waals surface area contributed by atoms with E-state index in [-0.39, 0.29) is 23.1 Å². The zero-order chi connectivity index (χ0) is 21.2. The number of rotatable bonds is 9. The lowest BCUT2D eigenvalue weighted by Crippen LogP contribution is -2.45. The Morgan fingerprint density at radius 2 is 2.17 bits per heavy atom. The van der Waals surface area contributed by atoms with Crippen molar-refractivity contribution in [2.45, 2.75) is 46.5 Å². The molecule has 0 radical (unpaired) electrons. The molecule has 2 N–H and O–H groups in total. The third-order valence-electron chi connectivity index (χ3n) is 5.43. The van der Waals surface area contributed by atoms with E-state index in [1.54, 1.807) is 11.3 Å². The number of hydrogen-bond acceptors (Lipinski definition) is 5. The summed E-state index contributed by atoms with van der Waals surface area (Å²) < 4.78 is 0.706. The van der Waals surface area contributed by atoms with Crippen LogP contribution in [0.25, 0.3) is 0 Å². The summed E-state index contributed by atoms with van der Waals surface area (Å²) in [6.45, 7) is 9.95. The number of nitrogens with zero attached hydrogens (tertiary/aromatic N) is 1. The number of hydrogen-bond donors (Lipinski definition) is 2. The molecule has 2 amide bonds. The number of carbonyl (C=O) groups is 2. The maximum Gasteiger partial charge on any atom is 0.227 e. The smallest absolute Gasteiger partial charge is 0.227 e. The second-order valence-electron chi connectivity index (χ2n) is 8.53. The van der Waals surface area contributed by atoms with Gasteiger partial charge in [0.2, 0.25) is 11.8 Å². The Kier molecular flexibility index (Phi) is 6.96. The minimum absolute atomic E-state index is 0.0925. The fraction of sp³-hybridized carbons (Fsp3) is 0.571. The topological polar surface area (TPSA) is 65.2 Å². The first kappa shape index (κ1) is 22.2. The van der Waals surface area contributed by atoms with Gasteiger partial charge < -0.3 is 15.2 Å². The maximum atomic E-state index is 12.8. The Morgan fingerprint density at radius 1 is 1.41 bits per heavy atom. The van der Waals surface area contributed by atoms with E-state index in [1.807, 2.05) is 18.7 Å². The molecule has 1 aliphatic carbocycles. The molecule has 0 spiro atoms. The Labute approximate surface area is 185 Å². The van der Waals surface area contributed by atoms with Crippen molar-refractivity contribution in [1.29, 1.82) is 0 Å². The van der Waals surface area contributed by atoms with Crippen molar-refractivity contribution in [1.82, 2.24) is 15.2 Å². The van der Waals surface area contributed by atoms with Crippen LogP contribution in [-0.4, -0.2) is 41.3 Å². The molecule has 2 aromatic rings. The minimum Gasteiger partial charge on any atom is -0.355 e. The van der Waals surface area contributed by atoms with Crippen LogP contribution in [0.2, 0.25) is 0 Å². The number of amides is 2. The molecule has 158 valence electrons. The summed E-state index contributed by atoms with van der Waals surface area (Å²) in [6.07, 6.45) is 1.30. The molecule has 0 saturated heterocycles. The van der Waals surface area contributed by atoms with Crippen LogP contribution in [0.5, 0.6) is 0 Å². The molecule has 1 fully saturated rings. The van der Waals surface area contributed by atoms with Crippen molar-refractivity contribution in [2.75, 3.05) is 19.6 Å². The van der Waals surface area contributed by atoms with E-state index >= 15 is 0 Å². The average molecular weight is 452 g/mol. The molecular weight excluding hydrogens is 422 g/mol. The summed E-state index contributed by atoms with van der Waals surface area (Å²) >= 11 is 8.32. The number of aromatic nitrogens is 1. The van der Waals surface area contributed by atoms with Crippen molar-refractivity contribution < 1.29 is 9.59 Å². The van der Waals surface area contributed by atoms with E-state index in [1.165, 1.54) is 16.9 Å². The van der Waals surface area contributed by atoms with E-state index in [0.29, 0.717) is 35.9 Å². The fourth-order valence-electron chi connectivity index (χ4n) is 3.60. The molecule has 1 saturated carbocycles. The molecule has 0 unspecified atom stereocenters. The van der Waals surface area contributed by atoms with Crippen LogP contribution in [0.15, 0.2) is 16.8 Å². The fourth-order valence-corrected chi connectivity index (χ4v) is 5.61. The molecule has 0 aromatic carbocycles. The third-order valence-corrected chi connectivity index (χ3v) is 7.47. The van der Waals surface area contributed by atoms with Gasteiger partial charge in [-0.15, -0.1) is 11.3 Å². The first-order chi connectivity index (χ1) is 13.7. The lowest BCUT2D eigenvalue weighted by Gasteiger charge is -2.32. The molecule has 3 rings (SSSR count). The van der Waals surface area contributed by atoms with Crippen molar-refractivity contribution in [3.63, 3.8) is 0 Å². The predicted octanol–water partition coefficient (Wildman–Crippen LogP) is 4.51. The summed E-state index contributed by atoms with van der Waals surface area (Å²) in [5.74, 6) is 0.694. The highest BCUT2D eigenvalue weighted by Crippen LogP contribution is 2.48. The van der Waals surface area contributed by atoms with Gasteiger partial charge in [-0.25, -0.2) is 0 Å². The highest BCUT2D eigenvalue weighted by atomic mass is 32.1. The number of thiophene rings is 1. The van der Waals surface area contributed by atoms with Gasteiger partial charge in [0.25, 0.3) is 0 Å². The first-order valence-electron chi connectivity index (χ1n) is 9.96. The molecule has 0 aliphatic heterocycles. The zero-order valence-electron chi connectivity index (χ0n) is 17.4. The number of H-pyrrole nitrogens is 1. The highest BCUT2D eigenvalue weighted by Gasteiger charge is 2.44. The van der Waals surface area contributed by atoms with Crippen LogP contribution >= 0.6 is 34.9 Å². The molecule has 2 atom stereocenters. The van der Waals surface area contributed by atoms with E-state index in [0.717, 1.165) is 17.0 Å². The standard InChI is InChI=1S/C21H29N3O2S3/c1-5-24(18(25)9-17-13(2)23-20(27)29-17)12-21(3,4)11-22-19(26)16-8-15(16)14-6-7-28-10-14/h6-7,10,15-16H,5,8-9,11-12H2,1-4H3,(H,22,26)(H,23,27)/t15-,16+/m0/s1. The largest absolute Gasteiger partial charge is 0.355 e. The lowest BCUT2D eigenvalue weighted by molar-refractivity contribution is -0.131. The Balaban J connectivity index is 1.50. The first-order valence-corrected chi connectivity index (χ1v) is 12.1. The Bertz CT molecular complexity index is 914. The number of nitrogens with one attached hydrogen (secondary N) is 2. The predicted molar refractivity (Wildman–Crippen MR) is 122 cm³/mol. The number of carbonyl (C=O) groups excluding carboxylic acids is 2. The maximum absolute atomic E-state index is 12.8. The van der Waals surface area contributed by atoms with Crippen LogP contribution in [0, 0.1) is 22.2 Å². The lowest BCUT2D eigenvalue weighted by atomic mass is 9.92. The summed E-state index contributed by atoms with van der Waals surface area (Å²) in [5.41, 5.74) is 2.05. The SMILES string of the molecule is CCN(CC(C)(C)CNC(=O)[C@@H]1C[C@H]1c1ccsc1)C(=O)Cc1sc(=S)[nH]c1C. The second-order valence-corrected chi connectivity index (χ2v) is 11.1. The van der Waals surface area contributed by atoms with Gasteiger partial charge in [0.05, 0.1) is 6.42 Å². The molecular formula is C21H29N3O2S3. The number of aromatic amines is 1. The van der Waals surface area contributed by atoms with Gasteiger partial charge in [0.15, 0.2) is 3.95 Å². The van der Waals surface area contributed by atoms with Gasteiger partial charge in [-0.2, -0.15) is 11.3 Å². The van der Waals surface area contributed by atoms with Gasteiger partial charge in [-0.05, 0) is 66.2 Å². The van der Waals surface area contributed by atoms with Crippen LogP contribution < -0.4 is 5.32 Å². The molecule has 2 heterocycles. The molecule has 0 bridgehead atoms. The number of aryl methyl sites for hydroxylation is 1. The van der Waals surface area contributed by atoms with Crippen LogP contribution in [0.1, 0.15) is 49.2 Å².